The fourth-order valence-electron chi connectivity index (χ4n) is 1.65. The zero-order chi connectivity index (χ0) is 13.7. The summed E-state index contributed by atoms with van der Waals surface area (Å²) in [4.78, 5) is 7.02. The second kappa shape index (κ2) is 5.95. The molecule has 0 spiro atoms. The van der Waals surface area contributed by atoms with Crippen LogP contribution >= 0.6 is 0 Å². The number of hydrogen-bond donors (Lipinski definition) is 4. The molecule has 0 aliphatic heterocycles. The number of imidazole rings is 1. The molecule has 104 valence electrons. The number of aryl methyl sites for hydroxylation is 1. The Hall–Kier alpha value is -1.71. The Balaban J connectivity index is 1.88. The molecular weight excluding hydrogens is 268 g/mol. The van der Waals surface area contributed by atoms with Gasteiger partial charge in [-0.3, -0.25) is 5.10 Å². The van der Waals surface area contributed by atoms with Crippen LogP contribution in [0.5, 0.6) is 0 Å². The Morgan fingerprint density at radius 3 is 2.95 bits per heavy atom. The third-order valence-corrected chi connectivity index (χ3v) is 4.08. The van der Waals surface area contributed by atoms with E-state index in [0.29, 0.717) is 24.9 Å². The van der Waals surface area contributed by atoms with Crippen LogP contribution in [0, 0.1) is 0 Å². The quantitative estimate of drug-likeness (QED) is 0.509. The van der Waals surface area contributed by atoms with Crippen LogP contribution in [0.4, 0.5) is 0 Å². The number of sulfonamides is 1. The summed E-state index contributed by atoms with van der Waals surface area (Å²) in [5.41, 5.74) is 5.92. The number of nitrogens with two attached hydrogens (primary N) is 1. The van der Waals surface area contributed by atoms with Gasteiger partial charge in [-0.2, -0.15) is 5.10 Å². The standard InChI is InChI=1S/C10H16N6O2S/c11-6-8-7-14-16-10(8)19(17,18)15-3-1-2-9-12-4-5-13-9/h4-5,7,15H,1-3,6,11H2,(H,12,13)(H,14,16). The molecule has 0 fully saturated rings. The number of hydrogen-bond acceptors (Lipinski definition) is 5. The highest BCUT2D eigenvalue weighted by Gasteiger charge is 2.19. The Morgan fingerprint density at radius 2 is 2.26 bits per heavy atom. The highest BCUT2D eigenvalue weighted by Crippen LogP contribution is 2.10. The summed E-state index contributed by atoms with van der Waals surface area (Å²) in [6.07, 6.45) is 6.15. The molecule has 0 aliphatic rings. The van der Waals surface area contributed by atoms with E-state index in [-0.39, 0.29) is 11.6 Å². The minimum atomic E-state index is -3.58. The first-order valence-corrected chi connectivity index (χ1v) is 7.32. The van der Waals surface area contributed by atoms with Gasteiger partial charge in [-0.05, 0) is 6.42 Å². The average Bonchev–Trinajstić information content (AvgIpc) is 3.05. The van der Waals surface area contributed by atoms with Gasteiger partial charge in [0.1, 0.15) is 5.82 Å². The monoisotopic (exact) mass is 284 g/mol. The van der Waals surface area contributed by atoms with Crippen molar-refractivity contribution >= 4 is 10.0 Å². The average molecular weight is 284 g/mol. The van der Waals surface area contributed by atoms with Crippen molar-refractivity contribution in [2.75, 3.05) is 6.54 Å². The minimum Gasteiger partial charge on any atom is -0.349 e. The number of aromatic nitrogens is 4. The number of rotatable bonds is 7. The van der Waals surface area contributed by atoms with Crippen LogP contribution in [0.2, 0.25) is 0 Å². The van der Waals surface area contributed by atoms with Crippen molar-refractivity contribution in [2.45, 2.75) is 24.4 Å². The molecule has 2 aromatic rings. The molecule has 0 unspecified atom stereocenters. The maximum Gasteiger partial charge on any atom is 0.257 e. The van der Waals surface area contributed by atoms with Crippen LogP contribution in [-0.2, 0) is 23.0 Å². The van der Waals surface area contributed by atoms with Crippen molar-refractivity contribution < 1.29 is 8.42 Å². The molecule has 0 aliphatic carbocycles. The van der Waals surface area contributed by atoms with Crippen LogP contribution in [0.1, 0.15) is 17.8 Å². The van der Waals surface area contributed by atoms with Crippen LogP contribution in [-0.4, -0.2) is 35.1 Å². The summed E-state index contributed by atoms with van der Waals surface area (Å²) in [5, 5.41) is 6.18. The van der Waals surface area contributed by atoms with Crippen LogP contribution in [0.3, 0.4) is 0 Å². The summed E-state index contributed by atoms with van der Waals surface area (Å²) >= 11 is 0. The van der Waals surface area contributed by atoms with E-state index in [4.69, 9.17) is 5.73 Å². The largest absolute Gasteiger partial charge is 0.349 e. The van der Waals surface area contributed by atoms with Gasteiger partial charge in [-0.25, -0.2) is 18.1 Å². The smallest absolute Gasteiger partial charge is 0.257 e. The van der Waals surface area contributed by atoms with Gasteiger partial charge in [-0.1, -0.05) is 0 Å². The third kappa shape index (κ3) is 3.40. The molecule has 8 nitrogen and oxygen atoms in total. The van der Waals surface area contributed by atoms with E-state index in [1.54, 1.807) is 12.4 Å². The van der Waals surface area contributed by atoms with Gasteiger partial charge in [-0.15, -0.1) is 0 Å². The maximum absolute atomic E-state index is 12.0. The molecular formula is C10H16N6O2S. The Labute approximate surface area is 110 Å². The molecule has 0 radical (unpaired) electrons. The zero-order valence-corrected chi connectivity index (χ0v) is 11.1. The van der Waals surface area contributed by atoms with Crippen molar-refractivity contribution in [3.8, 4) is 0 Å². The zero-order valence-electron chi connectivity index (χ0n) is 10.3. The van der Waals surface area contributed by atoms with Gasteiger partial charge in [0.2, 0.25) is 0 Å². The van der Waals surface area contributed by atoms with Gasteiger partial charge < -0.3 is 10.7 Å². The Morgan fingerprint density at radius 1 is 1.42 bits per heavy atom. The van der Waals surface area contributed by atoms with E-state index in [2.05, 4.69) is 24.9 Å². The predicted molar refractivity (Wildman–Crippen MR) is 68.6 cm³/mol. The van der Waals surface area contributed by atoms with E-state index in [0.717, 1.165) is 5.82 Å². The summed E-state index contributed by atoms with van der Waals surface area (Å²) < 4.78 is 26.4. The molecule has 5 N–H and O–H groups in total. The van der Waals surface area contributed by atoms with Crippen LogP contribution < -0.4 is 10.5 Å². The Bertz CT molecular complexity index is 604. The highest BCUT2D eigenvalue weighted by molar-refractivity contribution is 7.89. The molecule has 9 heteroatoms. The van der Waals surface area contributed by atoms with E-state index in [1.165, 1.54) is 6.20 Å². The molecule has 0 aromatic carbocycles. The van der Waals surface area contributed by atoms with Crippen molar-refractivity contribution in [1.82, 2.24) is 24.9 Å². The molecule has 19 heavy (non-hydrogen) atoms. The van der Waals surface area contributed by atoms with Gasteiger partial charge >= 0.3 is 0 Å². The van der Waals surface area contributed by atoms with Gasteiger partial charge in [0.15, 0.2) is 5.03 Å². The van der Waals surface area contributed by atoms with Gasteiger partial charge in [0, 0.05) is 37.5 Å². The van der Waals surface area contributed by atoms with Gasteiger partial charge in [0.25, 0.3) is 10.0 Å². The lowest BCUT2D eigenvalue weighted by atomic mass is 10.3. The van der Waals surface area contributed by atoms with E-state index in [1.807, 2.05) is 0 Å². The summed E-state index contributed by atoms with van der Waals surface area (Å²) in [6.45, 7) is 0.450. The first kappa shape index (κ1) is 13.7. The molecule has 2 heterocycles. The SMILES string of the molecule is NCc1cn[nH]c1S(=O)(=O)NCCCc1ncc[nH]1. The van der Waals surface area contributed by atoms with E-state index < -0.39 is 10.0 Å². The van der Waals surface area contributed by atoms with Crippen molar-refractivity contribution in [2.24, 2.45) is 5.73 Å². The minimum absolute atomic E-state index is 0.0352. The molecule has 0 saturated heterocycles. The fourth-order valence-corrected chi connectivity index (χ4v) is 2.86. The van der Waals surface area contributed by atoms with Crippen molar-refractivity contribution in [1.29, 1.82) is 0 Å². The highest BCUT2D eigenvalue weighted by atomic mass is 32.2. The Kier molecular flexibility index (Phi) is 4.30. The fraction of sp³-hybridized carbons (Fsp3) is 0.400. The van der Waals surface area contributed by atoms with E-state index >= 15 is 0 Å². The lowest BCUT2D eigenvalue weighted by Crippen LogP contribution is -2.26. The van der Waals surface area contributed by atoms with Crippen LogP contribution in [0.15, 0.2) is 23.6 Å². The topological polar surface area (TPSA) is 130 Å². The molecule has 2 rings (SSSR count). The second-order valence-corrected chi connectivity index (χ2v) is 5.67. The predicted octanol–water partition coefficient (Wildman–Crippen LogP) is -0.497. The van der Waals surface area contributed by atoms with Crippen LogP contribution in [0.25, 0.3) is 0 Å². The lowest BCUT2D eigenvalue weighted by molar-refractivity contribution is 0.572. The first-order valence-electron chi connectivity index (χ1n) is 5.83. The second-order valence-electron chi connectivity index (χ2n) is 3.97. The van der Waals surface area contributed by atoms with E-state index in [9.17, 15) is 8.42 Å². The van der Waals surface area contributed by atoms with Gasteiger partial charge in [0.05, 0.1) is 6.20 Å². The number of aromatic amines is 2. The summed E-state index contributed by atoms with van der Waals surface area (Å²) in [7, 11) is -3.58. The van der Waals surface area contributed by atoms with Crippen molar-refractivity contribution in [3.63, 3.8) is 0 Å². The normalized spacial score (nSPS) is 11.8. The molecule has 2 aromatic heterocycles. The first-order chi connectivity index (χ1) is 9.13. The summed E-state index contributed by atoms with van der Waals surface area (Å²) in [5.74, 6) is 0.836. The lowest BCUT2D eigenvalue weighted by Gasteiger charge is -2.05. The number of nitrogens with one attached hydrogen (secondary N) is 3. The number of H-pyrrole nitrogens is 2. The molecule has 0 amide bonds. The molecule has 0 saturated carbocycles. The summed E-state index contributed by atoms with van der Waals surface area (Å²) in [6, 6.07) is 0. The molecule has 0 atom stereocenters. The molecule has 0 bridgehead atoms. The number of nitrogens with zero attached hydrogens (tertiary/aromatic N) is 2. The van der Waals surface area contributed by atoms with Crippen molar-refractivity contribution in [3.05, 3.63) is 30.0 Å². The third-order valence-electron chi connectivity index (χ3n) is 2.60. The maximum atomic E-state index is 12.0.